The van der Waals surface area contributed by atoms with Crippen LogP contribution >= 0.6 is 11.8 Å². The van der Waals surface area contributed by atoms with Crippen LogP contribution in [0.4, 0.5) is 0 Å². The van der Waals surface area contributed by atoms with E-state index >= 15 is 0 Å². The lowest BCUT2D eigenvalue weighted by molar-refractivity contribution is -0.111. The highest BCUT2D eigenvalue weighted by Gasteiger charge is 1.88. The lowest BCUT2D eigenvalue weighted by Gasteiger charge is -1.80. The van der Waals surface area contributed by atoms with Crippen LogP contribution in [0.2, 0.25) is 0 Å². The molecule has 0 spiro atoms. The third-order valence-corrected chi connectivity index (χ3v) is 0.987. The average molecular weight is 114 g/mol. The molecule has 0 heterocycles. The van der Waals surface area contributed by atoms with Crippen LogP contribution in [0.3, 0.4) is 0 Å². The number of rotatable bonds is 2. The molecule has 0 bridgehead atoms. The molecule has 0 unspecified atom stereocenters. The van der Waals surface area contributed by atoms with Crippen molar-refractivity contribution in [2.75, 3.05) is 12.0 Å². The molecule has 0 aromatic rings. The molecule has 1 nitrogen and oxygen atoms in total. The predicted octanol–water partition coefficient (Wildman–Crippen LogP) is 0.552. The van der Waals surface area contributed by atoms with Crippen molar-refractivity contribution in [1.82, 2.24) is 0 Å². The minimum atomic E-state index is -0.132. The molecule has 0 radical (unpaired) electrons. The third kappa shape index (κ3) is 3.41. The van der Waals surface area contributed by atoms with E-state index in [0.717, 1.165) is 0 Å². The summed E-state index contributed by atoms with van der Waals surface area (Å²) in [6.45, 7) is 0. The lowest BCUT2D eigenvalue weighted by atomic mass is 10.5. The molecule has 0 saturated heterocycles. The maximum atomic E-state index is 10.2. The van der Waals surface area contributed by atoms with Gasteiger partial charge in [-0.2, -0.15) is 11.8 Å². The number of carbonyl (C=O) groups excluding carboxylic acids is 1. The van der Waals surface area contributed by atoms with E-state index in [4.69, 9.17) is 6.42 Å². The Hall–Kier alpha value is -0.420. The highest BCUT2D eigenvalue weighted by molar-refractivity contribution is 7.99. The van der Waals surface area contributed by atoms with Gasteiger partial charge in [0.25, 0.3) is 0 Å². The van der Waals surface area contributed by atoms with Gasteiger partial charge in [0.2, 0.25) is 5.78 Å². The topological polar surface area (TPSA) is 17.1 Å². The second-order valence-electron chi connectivity index (χ2n) is 1.00. The van der Waals surface area contributed by atoms with Gasteiger partial charge in [-0.1, -0.05) is 0 Å². The first kappa shape index (κ1) is 6.58. The number of Topliss-reactive ketones (excluding diaryl/α,β-unsaturated/α-hetero) is 1. The third-order valence-electron chi connectivity index (χ3n) is 0.436. The molecular formula is C5H6OS. The SMILES string of the molecule is C#CC(=O)CSC. The van der Waals surface area contributed by atoms with Crippen LogP contribution in [-0.2, 0) is 4.79 Å². The Morgan fingerprint density at radius 2 is 2.57 bits per heavy atom. The van der Waals surface area contributed by atoms with Crippen LogP contribution in [0.15, 0.2) is 0 Å². The summed E-state index contributed by atoms with van der Waals surface area (Å²) in [7, 11) is 0. The van der Waals surface area contributed by atoms with Crippen molar-refractivity contribution < 1.29 is 4.79 Å². The van der Waals surface area contributed by atoms with E-state index < -0.39 is 0 Å². The highest BCUT2D eigenvalue weighted by atomic mass is 32.2. The van der Waals surface area contributed by atoms with Crippen LogP contribution in [0, 0.1) is 12.3 Å². The summed E-state index contributed by atoms with van der Waals surface area (Å²) in [5, 5.41) is 0. The van der Waals surface area contributed by atoms with Crippen molar-refractivity contribution in [2.24, 2.45) is 0 Å². The van der Waals surface area contributed by atoms with Crippen LogP contribution in [0.5, 0.6) is 0 Å². The zero-order valence-corrected chi connectivity index (χ0v) is 4.92. The average Bonchev–Trinajstić information content (AvgIpc) is 1.68. The fourth-order valence-corrected chi connectivity index (χ4v) is 0.518. The van der Waals surface area contributed by atoms with Crippen molar-refractivity contribution in [3.05, 3.63) is 0 Å². The Kier molecular flexibility index (Phi) is 3.53. The summed E-state index contributed by atoms with van der Waals surface area (Å²) in [6, 6.07) is 0. The largest absolute Gasteiger partial charge is 0.284 e. The van der Waals surface area contributed by atoms with Gasteiger partial charge in [-0.15, -0.1) is 6.42 Å². The zero-order valence-electron chi connectivity index (χ0n) is 4.10. The molecule has 0 N–H and O–H groups in total. The van der Waals surface area contributed by atoms with Crippen LogP contribution < -0.4 is 0 Å². The van der Waals surface area contributed by atoms with Gasteiger partial charge in [0, 0.05) is 0 Å². The molecule has 38 valence electrons. The normalized spacial score (nSPS) is 7.43. The first-order valence-electron chi connectivity index (χ1n) is 1.79. The van der Waals surface area contributed by atoms with Gasteiger partial charge in [0.05, 0.1) is 5.75 Å². The first-order valence-corrected chi connectivity index (χ1v) is 3.19. The molecule has 0 atom stereocenters. The number of hydrogen-bond donors (Lipinski definition) is 0. The molecule has 0 aromatic carbocycles. The molecule has 7 heavy (non-hydrogen) atoms. The van der Waals surface area contributed by atoms with E-state index in [-0.39, 0.29) is 5.78 Å². The molecule has 2 heteroatoms. The number of ketones is 1. The second-order valence-corrected chi connectivity index (χ2v) is 1.87. The van der Waals surface area contributed by atoms with Crippen LogP contribution in [-0.4, -0.2) is 17.8 Å². The Balaban J connectivity index is 3.24. The Morgan fingerprint density at radius 3 is 2.71 bits per heavy atom. The van der Waals surface area contributed by atoms with E-state index in [1.165, 1.54) is 11.8 Å². The molecule has 0 aromatic heterocycles. The van der Waals surface area contributed by atoms with Crippen molar-refractivity contribution in [1.29, 1.82) is 0 Å². The zero-order chi connectivity index (χ0) is 5.70. The van der Waals surface area contributed by atoms with E-state index in [0.29, 0.717) is 5.75 Å². The maximum absolute atomic E-state index is 10.2. The molecule has 0 aliphatic rings. The monoisotopic (exact) mass is 114 g/mol. The Labute approximate surface area is 47.5 Å². The van der Waals surface area contributed by atoms with E-state index in [1.807, 2.05) is 12.2 Å². The lowest BCUT2D eigenvalue weighted by Crippen LogP contribution is -1.93. The van der Waals surface area contributed by atoms with Crippen molar-refractivity contribution in [3.63, 3.8) is 0 Å². The summed E-state index contributed by atoms with van der Waals surface area (Å²) in [6.07, 6.45) is 6.59. The molecule has 0 aliphatic carbocycles. The van der Waals surface area contributed by atoms with Gasteiger partial charge >= 0.3 is 0 Å². The van der Waals surface area contributed by atoms with E-state index in [1.54, 1.807) is 0 Å². The van der Waals surface area contributed by atoms with Crippen molar-refractivity contribution in [2.45, 2.75) is 0 Å². The van der Waals surface area contributed by atoms with Crippen molar-refractivity contribution in [3.8, 4) is 12.3 Å². The van der Waals surface area contributed by atoms with Gasteiger partial charge in [0.15, 0.2) is 0 Å². The number of carbonyl (C=O) groups is 1. The van der Waals surface area contributed by atoms with Gasteiger partial charge in [0.1, 0.15) is 0 Å². The summed E-state index contributed by atoms with van der Waals surface area (Å²) in [4.78, 5) is 10.2. The summed E-state index contributed by atoms with van der Waals surface area (Å²) >= 11 is 1.44. The molecular weight excluding hydrogens is 108 g/mol. The summed E-state index contributed by atoms with van der Waals surface area (Å²) in [5.41, 5.74) is 0. The molecule has 0 fully saturated rings. The minimum absolute atomic E-state index is 0.132. The van der Waals surface area contributed by atoms with E-state index in [2.05, 4.69) is 0 Å². The Bertz CT molecular complexity index is 101. The number of thioether (sulfide) groups is 1. The standard InChI is InChI=1S/C5H6OS/c1-3-5(6)4-7-2/h1H,4H2,2H3. The molecule has 0 aliphatic heterocycles. The smallest absolute Gasteiger partial charge is 0.215 e. The minimum Gasteiger partial charge on any atom is -0.284 e. The molecule has 0 amide bonds. The predicted molar refractivity (Wildman–Crippen MR) is 32.2 cm³/mol. The molecule has 0 rings (SSSR count). The van der Waals surface area contributed by atoms with Gasteiger partial charge in [-0.25, -0.2) is 0 Å². The van der Waals surface area contributed by atoms with Gasteiger partial charge in [-0.05, 0) is 12.2 Å². The quantitative estimate of drug-likeness (QED) is 0.385. The van der Waals surface area contributed by atoms with Gasteiger partial charge in [-0.3, -0.25) is 4.79 Å². The Morgan fingerprint density at radius 1 is 2.00 bits per heavy atom. The maximum Gasteiger partial charge on any atom is 0.215 e. The van der Waals surface area contributed by atoms with Crippen LogP contribution in [0.1, 0.15) is 0 Å². The second kappa shape index (κ2) is 3.76. The number of terminal acetylenes is 1. The van der Waals surface area contributed by atoms with Crippen molar-refractivity contribution >= 4 is 17.5 Å². The first-order chi connectivity index (χ1) is 3.31. The van der Waals surface area contributed by atoms with E-state index in [9.17, 15) is 4.79 Å². The number of hydrogen-bond acceptors (Lipinski definition) is 2. The summed E-state index contributed by atoms with van der Waals surface area (Å²) < 4.78 is 0. The molecule has 0 saturated carbocycles. The van der Waals surface area contributed by atoms with Crippen LogP contribution in [0.25, 0.3) is 0 Å². The summed E-state index contributed by atoms with van der Waals surface area (Å²) in [5.74, 6) is 2.32. The fourth-order valence-electron chi connectivity index (χ4n) is 0.173. The fraction of sp³-hybridized carbons (Fsp3) is 0.400. The highest BCUT2D eigenvalue weighted by Crippen LogP contribution is 1.88. The van der Waals surface area contributed by atoms with Gasteiger partial charge < -0.3 is 0 Å².